The van der Waals surface area contributed by atoms with Gasteiger partial charge in [0.05, 0.1) is 0 Å². The Kier molecular flexibility index (Phi) is 3.00. The van der Waals surface area contributed by atoms with Gasteiger partial charge >= 0.3 is 0 Å². The molecule has 0 atom stereocenters. The average molecular weight is 254 g/mol. The quantitative estimate of drug-likeness (QED) is 0.844. The molecule has 8 heteroatoms. The second-order valence-electron chi connectivity index (χ2n) is 2.91. The van der Waals surface area contributed by atoms with Crippen molar-refractivity contribution >= 4 is 36.1 Å². The molecule has 0 saturated heterocycles. The molecule has 0 bridgehead atoms. The second kappa shape index (κ2) is 3.61. The molecule has 0 aliphatic rings. The van der Waals surface area contributed by atoms with Crippen molar-refractivity contribution in [3.8, 4) is 0 Å². The Labute approximate surface area is 87.2 Å². The first-order chi connectivity index (χ1) is 6.18. The largest absolute Gasteiger partial charge is 0.250 e. The molecule has 2 N–H and O–H groups in total. The number of rotatable bonds is 2. The topological polar surface area (TPSA) is 89.6 Å². The predicted molar refractivity (Wildman–Crippen MR) is 57.8 cm³/mol. The minimum Gasteiger partial charge on any atom is -0.250 e. The smallest absolute Gasteiger partial charge is 0.247 e. The van der Waals surface area contributed by atoms with E-state index in [0.29, 0.717) is 5.00 Å². The lowest BCUT2D eigenvalue weighted by atomic mass is 10.6. The van der Waals surface area contributed by atoms with Gasteiger partial charge in [0.1, 0.15) is 9.21 Å². The van der Waals surface area contributed by atoms with Gasteiger partial charge in [-0.3, -0.25) is 0 Å². The molecule has 14 heavy (non-hydrogen) atoms. The molecule has 0 amide bonds. The van der Waals surface area contributed by atoms with Gasteiger partial charge in [-0.25, -0.2) is 17.8 Å². The molecule has 80 valence electrons. The standard InChI is InChI=1S/C6H10N2O3S3/c1-13(2,9)8-5-3-4-6(12-5)14(7,10)11/h3-4H,1-2H3,(H2,7,10,11). The van der Waals surface area contributed by atoms with Crippen LogP contribution in [0, 0.1) is 0 Å². The van der Waals surface area contributed by atoms with Crippen LogP contribution in [0.15, 0.2) is 20.7 Å². The van der Waals surface area contributed by atoms with Gasteiger partial charge < -0.3 is 0 Å². The van der Waals surface area contributed by atoms with E-state index in [2.05, 4.69) is 4.36 Å². The molecule has 5 nitrogen and oxygen atoms in total. The molecule has 0 saturated carbocycles. The Bertz CT molecular complexity index is 541. The summed E-state index contributed by atoms with van der Waals surface area (Å²) in [5.41, 5.74) is 0. The summed E-state index contributed by atoms with van der Waals surface area (Å²) in [5.74, 6) is 0. The summed E-state index contributed by atoms with van der Waals surface area (Å²) in [6, 6.07) is 2.83. The van der Waals surface area contributed by atoms with Crippen molar-refractivity contribution in [3.63, 3.8) is 0 Å². The molecule has 0 radical (unpaired) electrons. The van der Waals surface area contributed by atoms with E-state index in [9.17, 15) is 12.6 Å². The van der Waals surface area contributed by atoms with E-state index < -0.39 is 19.8 Å². The van der Waals surface area contributed by atoms with Gasteiger partial charge in [0, 0.05) is 22.2 Å². The van der Waals surface area contributed by atoms with Crippen molar-refractivity contribution < 1.29 is 12.6 Å². The third-order valence-corrected chi connectivity index (χ3v) is 4.33. The van der Waals surface area contributed by atoms with Crippen molar-refractivity contribution in [2.45, 2.75) is 4.21 Å². The first kappa shape index (κ1) is 11.6. The van der Waals surface area contributed by atoms with Gasteiger partial charge in [-0.1, -0.05) is 0 Å². The molecule has 0 spiro atoms. The van der Waals surface area contributed by atoms with Gasteiger partial charge in [0.15, 0.2) is 0 Å². The van der Waals surface area contributed by atoms with Crippen molar-refractivity contribution in [2.24, 2.45) is 9.50 Å². The van der Waals surface area contributed by atoms with Crippen LogP contribution in [0.4, 0.5) is 5.00 Å². The number of nitrogens with two attached hydrogens (primary N) is 1. The lowest BCUT2D eigenvalue weighted by Crippen LogP contribution is -2.09. The van der Waals surface area contributed by atoms with Crippen molar-refractivity contribution in [1.29, 1.82) is 0 Å². The Balaban J connectivity index is 3.21. The number of hydrogen-bond acceptors (Lipinski definition) is 5. The van der Waals surface area contributed by atoms with Crippen LogP contribution in [0.1, 0.15) is 0 Å². The van der Waals surface area contributed by atoms with Crippen LogP contribution in [0.25, 0.3) is 0 Å². The van der Waals surface area contributed by atoms with E-state index in [1.54, 1.807) is 0 Å². The lowest BCUT2D eigenvalue weighted by molar-refractivity contribution is 0.600. The maximum atomic E-state index is 11.3. The highest BCUT2D eigenvalue weighted by Gasteiger charge is 2.10. The van der Waals surface area contributed by atoms with Gasteiger partial charge in [-0.15, -0.1) is 11.3 Å². The summed E-state index contributed by atoms with van der Waals surface area (Å²) < 4.78 is 36.9. The fourth-order valence-corrected chi connectivity index (χ4v) is 3.37. The Morgan fingerprint density at radius 1 is 1.29 bits per heavy atom. The fraction of sp³-hybridized carbons (Fsp3) is 0.333. The highest BCUT2D eigenvalue weighted by atomic mass is 32.2. The maximum Gasteiger partial charge on any atom is 0.247 e. The Morgan fingerprint density at radius 3 is 2.21 bits per heavy atom. The summed E-state index contributed by atoms with van der Waals surface area (Å²) >= 11 is 0.908. The Morgan fingerprint density at radius 2 is 1.86 bits per heavy atom. The molecular formula is C6H10N2O3S3. The molecule has 1 aromatic rings. The SMILES string of the molecule is CS(C)(=O)=Nc1ccc(S(N)(=O)=O)s1. The van der Waals surface area contributed by atoms with Crippen LogP contribution in [0.2, 0.25) is 0 Å². The molecule has 1 rings (SSSR count). The maximum absolute atomic E-state index is 11.3. The van der Waals surface area contributed by atoms with E-state index in [1.165, 1.54) is 24.6 Å². The number of hydrogen-bond donors (Lipinski definition) is 1. The first-order valence-corrected chi connectivity index (χ1v) is 8.18. The molecule has 0 aromatic carbocycles. The highest BCUT2D eigenvalue weighted by molar-refractivity contribution is 7.92. The summed E-state index contributed by atoms with van der Waals surface area (Å²) in [6.07, 6.45) is 2.95. The van der Waals surface area contributed by atoms with E-state index in [0.717, 1.165) is 11.3 Å². The fourth-order valence-electron chi connectivity index (χ4n) is 0.729. The monoisotopic (exact) mass is 254 g/mol. The highest BCUT2D eigenvalue weighted by Crippen LogP contribution is 2.28. The van der Waals surface area contributed by atoms with Crippen LogP contribution in [-0.2, 0) is 19.8 Å². The van der Waals surface area contributed by atoms with E-state index in [-0.39, 0.29) is 4.21 Å². The molecule has 0 fully saturated rings. The van der Waals surface area contributed by atoms with Crippen LogP contribution in [0.3, 0.4) is 0 Å². The average Bonchev–Trinajstić information content (AvgIpc) is 2.29. The van der Waals surface area contributed by atoms with Crippen molar-refractivity contribution in [1.82, 2.24) is 0 Å². The molecule has 1 heterocycles. The molecule has 0 aliphatic carbocycles. The molecule has 0 aliphatic heterocycles. The number of thiophene rings is 1. The third kappa shape index (κ3) is 3.37. The zero-order valence-corrected chi connectivity index (χ0v) is 10.1. The summed E-state index contributed by atoms with van der Waals surface area (Å²) in [7, 11) is -5.93. The van der Waals surface area contributed by atoms with Crippen LogP contribution in [-0.4, -0.2) is 25.1 Å². The minimum absolute atomic E-state index is 0.0277. The summed E-state index contributed by atoms with van der Waals surface area (Å²) in [5, 5.41) is 5.31. The van der Waals surface area contributed by atoms with E-state index in [1.807, 2.05) is 0 Å². The summed E-state index contributed by atoms with van der Waals surface area (Å²) in [4.78, 5) is 0. The first-order valence-electron chi connectivity index (χ1n) is 3.48. The van der Waals surface area contributed by atoms with Gasteiger partial charge in [-0.05, 0) is 12.1 Å². The zero-order chi connectivity index (χ0) is 11.0. The second-order valence-corrected chi connectivity index (χ2v) is 8.31. The summed E-state index contributed by atoms with van der Waals surface area (Å²) in [6.45, 7) is 0. The molecular weight excluding hydrogens is 244 g/mol. The van der Waals surface area contributed by atoms with Crippen molar-refractivity contribution in [2.75, 3.05) is 12.5 Å². The van der Waals surface area contributed by atoms with Crippen LogP contribution >= 0.6 is 11.3 Å². The van der Waals surface area contributed by atoms with Crippen molar-refractivity contribution in [3.05, 3.63) is 12.1 Å². The van der Waals surface area contributed by atoms with Gasteiger partial charge in [-0.2, -0.15) is 4.36 Å². The predicted octanol–water partition coefficient (Wildman–Crippen LogP) is 0.755. The molecule has 0 unspecified atom stereocenters. The number of sulfonamides is 1. The van der Waals surface area contributed by atoms with Crippen LogP contribution < -0.4 is 5.14 Å². The number of primary sulfonamides is 1. The van der Waals surface area contributed by atoms with E-state index in [4.69, 9.17) is 5.14 Å². The normalized spacial score (nSPS) is 12.8. The van der Waals surface area contributed by atoms with Gasteiger partial charge in [0.25, 0.3) is 0 Å². The Hall–Kier alpha value is -0.440. The minimum atomic E-state index is -3.67. The van der Waals surface area contributed by atoms with E-state index >= 15 is 0 Å². The third-order valence-electron chi connectivity index (χ3n) is 1.16. The molecule has 1 aromatic heterocycles. The van der Waals surface area contributed by atoms with Gasteiger partial charge in [0.2, 0.25) is 10.0 Å². The lowest BCUT2D eigenvalue weighted by Gasteiger charge is -1.91. The van der Waals surface area contributed by atoms with Crippen LogP contribution in [0.5, 0.6) is 0 Å². The number of nitrogens with zero attached hydrogens (tertiary/aromatic N) is 1. The zero-order valence-electron chi connectivity index (χ0n) is 7.63.